The second-order valence-electron chi connectivity index (χ2n) is 7.74. The van der Waals surface area contributed by atoms with Crippen LogP contribution >= 0.6 is 11.8 Å². The topological polar surface area (TPSA) is 52.2 Å². The molecule has 0 atom stereocenters. The number of piperazine rings is 1. The fourth-order valence-electron chi connectivity index (χ4n) is 4.06. The number of benzene rings is 2. The van der Waals surface area contributed by atoms with Crippen LogP contribution in [-0.4, -0.2) is 47.0 Å². The fraction of sp³-hybridized carbons (Fsp3) is 0.200. The smallest absolute Gasteiger partial charge is 0.227 e. The van der Waals surface area contributed by atoms with Gasteiger partial charge in [0.1, 0.15) is 11.6 Å². The molecule has 0 unspecified atom stereocenters. The summed E-state index contributed by atoms with van der Waals surface area (Å²) in [6.07, 6.45) is 2.07. The zero-order chi connectivity index (χ0) is 21.9. The highest BCUT2D eigenvalue weighted by Gasteiger charge is 2.24. The number of anilines is 1. The van der Waals surface area contributed by atoms with Gasteiger partial charge in [-0.15, -0.1) is 0 Å². The van der Waals surface area contributed by atoms with Crippen molar-refractivity contribution in [1.82, 2.24) is 14.9 Å². The maximum atomic E-state index is 14.3. The maximum Gasteiger partial charge on any atom is 0.227 e. The molecule has 0 aliphatic carbocycles. The van der Waals surface area contributed by atoms with E-state index >= 15 is 0 Å². The van der Waals surface area contributed by atoms with E-state index in [4.69, 9.17) is 0 Å². The predicted molar refractivity (Wildman–Crippen MR) is 126 cm³/mol. The Labute approximate surface area is 190 Å². The molecule has 0 radical (unpaired) electrons. The quantitative estimate of drug-likeness (QED) is 0.481. The highest BCUT2D eigenvalue weighted by Crippen LogP contribution is 2.36. The van der Waals surface area contributed by atoms with Gasteiger partial charge in [-0.25, -0.2) is 9.37 Å². The van der Waals surface area contributed by atoms with Gasteiger partial charge < -0.3 is 14.8 Å². The van der Waals surface area contributed by atoms with Crippen molar-refractivity contribution in [2.24, 2.45) is 0 Å². The molecule has 1 saturated heterocycles. The maximum absolute atomic E-state index is 14.3. The third-order valence-corrected chi connectivity index (χ3v) is 6.86. The molecule has 1 amide bonds. The van der Waals surface area contributed by atoms with Gasteiger partial charge in [0, 0.05) is 53.7 Å². The molecule has 3 heterocycles. The average molecular weight is 447 g/mol. The molecule has 1 aliphatic heterocycles. The number of hydrogen-bond acceptors (Lipinski definition) is 4. The summed E-state index contributed by atoms with van der Waals surface area (Å²) >= 11 is 1.34. The SMILES string of the molecule is O=C(Cc1c(Sc2ccccc2F)[nH]c2ccccc12)N1CCN(c2ccccn2)CC1. The largest absolute Gasteiger partial charge is 0.353 e. The van der Waals surface area contributed by atoms with Crippen molar-refractivity contribution in [3.63, 3.8) is 0 Å². The zero-order valence-corrected chi connectivity index (χ0v) is 18.3. The molecule has 5 nitrogen and oxygen atoms in total. The highest BCUT2D eigenvalue weighted by atomic mass is 32.2. The van der Waals surface area contributed by atoms with Crippen LogP contribution in [0.2, 0.25) is 0 Å². The van der Waals surface area contributed by atoms with Crippen molar-refractivity contribution in [1.29, 1.82) is 0 Å². The first-order valence-corrected chi connectivity index (χ1v) is 11.5. The molecule has 1 fully saturated rings. The van der Waals surface area contributed by atoms with Crippen LogP contribution in [0.15, 0.2) is 82.8 Å². The monoisotopic (exact) mass is 446 g/mol. The molecule has 32 heavy (non-hydrogen) atoms. The van der Waals surface area contributed by atoms with Crippen molar-refractivity contribution in [2.45, 2.75) is 16.3 Å². The van der Waals surface area contributed by atoms with Gasteiger partial charge in [0.25, 0.3) is 0 Å². The Hall–Kier alpha value is -3.32. The van der Waals surface area contributed by atoms with Gasteiger partial charge in [-0.1, -0.05) is 48.2 Å². The number of amides is 1. The summed E-state index contributed by atoms with van der Waals surface area (Å²) in [5, 5.41) is 1.82. The first-order chi connectivity index (χ1) is 15.7. The van der Waals surface area contributed by atoms with Gasteiger partial charge in [0.05, 0.1) is 11.4 Å². The lowest BCUT2D eigenvalue weighted by Gasteiger charge is -2.35. The van der Waals surface area contributed by atoms with E-state index in [-0.39, 0.29) is 18.1 Å². The van der Waals surface area contributed by atoms with E-state index in [1.54, 1.807) is 18.3 Å². The van der Waals surface area contributed by atoms with E-state index in [1.165, 1.54) is 17.8 Å². The number of carbonyl (C=O) groups is 1. The zero-order valence-electron chi connectivity index (χ0n) is 17.5. The van der Waals surface area contributed by atoms with Gasteiger partial charge in [0.2, 0.25) is 5.91 Å². The van der Waals surface area contributed by atoms with Crippen LogP contribution in [0.1, 0.15) is 5.56 Å². The Morgan fingerprint density at radius 1 is 0.969 bits per heavy atom. The summed E-state index contributed by atoms with van der Waals surface area (Å²) in [7, 11) is 0. The Kier molecular flexibility index (Phi) is 5.81. The minimum atomic E-state index is -0.265. The molecular formula is C25H23FN4OS. The van der Waals surface area contributed by atoms with Gasteiger partial charge in [0.15, 0.2) is 0 Å². The summed E-state index contributed by atoms with van der Waals surface area (Å²) in [5.74, 6) is 0.768. The third-order valence-electron chi connectivity index (χ3n) is 5.76. The minimum absolute atomic E-state index is 0.0887. The summed E-state index contributed by atoms with van der Waals surface area (Å²) < 4.78 is 14.3. The van der Waals surface area contributed by atoms with E-state index in [9.17, 15) is 9.18 Å². The summed E-state index contributed by atoms with van der Waals surface area (Å²) in [6, 6.07) is 20.5. The molecule has 5 rings (SSSR count). The Balaban J connectivity index is 1.34. The number of aromatic amines is 1. The number of pyridine rings is 1. The minimum Gasteiger partial charge on any atom is -0.353 e. The molecule has 0 spiro atoms. The van der Waals surface area contributed by atoms with Crippen LogP contribution in [0.5, 0.6) is 0 Å². The molecule has 2 aromatic carbocycles. The summed E-state index contributed by atoms with van der Waals surface area (Å²) in [5.41, 5.74) is 1.88. The summed E-state index contributed by atoms with van der Waals surface area (Å²) in [6.45, 7) is 2.84. The molecule has 162 valence electrons. The van der Waals surface area contributed by atoms with Crippen molar-refractivity contribution >= 4 is 34.4 Å². The van der Waals surface area contributed by atoms with Crippen LogP contribution in [0, 0.1) is 5.82 Å². The number of nitrogens with zero attached hydrogens (tertiary/aromatic N) is 3. The van der Waals surface area contributed by atoms with E-state index in [2.05, 4.69) is 14.9 Å². The molecule has 0 saturated carbocycles. The Morgan fingerprint density at radius 2 is 1.72 bits per heavy atom. The van der Waals surface area contributed by atoms with Gasteiger partial charge in [-0.3, -0.25) is 4.79 Å². The number of aromatic nitrogens is 2. The van der Waals surface area contributed by atoms with Crippen molar-refractivity contribution in [3.8, 4) is 0 Å². The van der Waals surface area contributed by atoms with Gasteiger partial charge in [-0.05, 0) is 30.3 Å². The van der Waals surface area contributed by atoms with Gasteiger partial charge >= 0.3 is 0 Å². The number of rotatable bonds is 5. The van der Waals surface area contributed by atoms with Crippen molar-refractivity contribution in [3.05, 3.63) is 84.3 Å². The van der Waals surface area contributed by atoms with E-state index < -0.39 is 0 Å². The molecular weight excluding hydrogens is 423 g/mol. The lowest BCUT2D eigenvalue weighted by Crippen LogP contribution is -2.49. The molecule has 1 N–H and O–H groups in total. The average Bonchev–Trinajstić information content (AvgIpc) is 3.18. The number of halogens is 1. The second kappa shape index (κ2) is 9.04. The normalized spacial score (nSPS) is 14.2. The lowest BCUT2D eigenvalue weighted by atomic mass is 10.1. The number of carbonyl (C=O) groups excluding carboxylic acids is 1. The van der Waals surface area contributed by atoms with E-state index in [0.29, 0.717) is 18.0 Å². The molecule has 7 heteroatoms. The molecule has 0 bridgehead atoms. The Morgan fingerprint density at radius 3 is 2.50 bits per heavy atom. The standard InChI is InChI=1S/C25H23FN4OS/c26-20-8-2-4-10-22(20)32-25-19(18-7-1-3-9-21(18)28-25)17-24(31)30-15-13-29(14-16-30)23-11-5-6-12-27-23/h1-12,28H,13-17H2. The van der Waals surface area contributed by atoms with E-state index in [1.807, 2.05) is 53.4 Å². The first kappa shape index (κ1) is 20.6. The molecule has 1 aliphatic rings. The van der Waals surface area contributed by atoms with Crippen LogP contribution in [-0.2, 0) is 11.2 Å². The lowest BCUT2D eigenvalue weighted by molar-refractivity contribution is -0.130. The number of fused-ring (bicyclic) bond motifs is 1. The molecule has 4 aromatic rings. The third kappa shape index (κ3) is 4.21. The summed E-state index contributed by atoms with van der Waals surface area (Å²) in [4.78, 5) is 25.7. The highest BCUT2D eigenvalue weighted by molar-refractivity contribution is 7.99. The van der Waals surface area contributed by atoms with E-state index in [0.717, 1.165) is 40.4 Å². The van der Waals surface area contributed by atoms with Crippen LogP contribution in [0.4, 0.5) is 10.2 Å². The first-order valence-electron chi connectivity index (χ1n) is 10.6. The van der Waals surface area contributed by atoms with Crippen LogP contribution in [0.25, 0.3) is 10.9 Å². The van der Waals surface area contributed by atoms with Crippen LogP contribution < -0.4 is 4.90 Å². The number of nitrogens with one attached hydrogen (secondary N) is 1. The fourth-order valence-corrected chi connectivity index (χ4v) is 5.06. The van der Waals surface area contributed by atoms with Crippen molar-refractivity contribution in [2.75, 3.05) is 31.1 Å². The molecule has 2 aromatic heterocycles. The second-order valence-corrected chi connectivity index (χ2v) is 8.80. The van der Waals surface area contributed by atoms with Crippen LogP contribution in [0.3, 0.4) is 0 Å². The number of H-pyrrole nitrogens is 1. The van der Waals surface area contributed by atoms with Crippen molar-refractivity contribution < 1.29 is 9.18 Å². The number of hydrogen-bond donors (Lipinski definition) is 1. The Bertz CT molecular complexity index is 1240. The number of para-hydroxylation sites is 1. The predicted octanol–water partition coefficient (Wildman–Crippen LogP) is 4.74. The van der Waals surface area contributed by atoms with Gasteiger partial charge in [-0.2, -0.15) is 0 Å².